The summed E-state index contributed by atoms with van der Waals surface area (Å²) in [6, 6.07) is 23.6. The third-order valence-corrected chi connectivity index (χ3v) is 10.00. The van der Waals surface area contributed by atoms with Crippen LogP contribution in [0.4, 0.5) is 8.78 Å². The summed E-state index contributed by atoms with van der Waals surface area (Å²) in [5.41, 5.74) is 26.9. The van der Waals surface area contributed by atoms with Gasteiger partial charge in [-0.25, -0.2) is 13.5 Å². The van der Waals surface area contributed by atoms with Crippen LogP contribution in [0.15, 0.2) is 103 Å². The van der Waals surface area contributed by atoms with Crippen LogP contribution in [0.1, 0.15) is 45.5 Å². The number of benzene rings is 4. The number of nitrogens with two attached hydrogens (primary N) is 4. The normalized spacial score (nSPS) is 16.2. The van der Waals surface area contributed by atoms with Gasteiger partial charge in [0.1, 0.15) is 17.7 Å². The van der Waals surface area contributed by atoms with E-state index in [1.165, 1.54) is 28.9 Å². The van der Waals surface area contributed by atoms with Crippen molar-refractivity contribution in [3.05, 3.63) is 158 Å². The summed E-state index contributed by atoms with van der Waals surface area (Å²) < 4.78 is 28.2. The zero-order valence-electron chi connectivity index (χ0n) is 33.1. The molecule has 16 nitrogen and oxygen atoms in total. The van der Waals surface area contributed by atoms with Crippen LogP contribution < -0.4 is 43.7 Å². The van der Waals surface area contributed by atoms with E-state index in [4.69, 9.17) is 61.4 Å². The minimum Gasteiger partial charge on any atom is -0.554 e. The van der Waals surface area contributed by atoms with E-state index in [9.17, 15) is 28.0 Å². The molecule has 2 aliphatic rings. The average Bonchev–Trinajstić information content (AvgIpc) is 3.97. The fourth-order valence-electron chi connectivity index (χ4n) is 6.62. The number of hydrogen-bond donors (Lipinski definition) is 8. The summed E-state index contributed by atoms with van der Waals surface area (Å²) in [4.78, 5) is 60.2. The highest BCUT2D eigenvalue weighted by Gasteiger charge is 2.36. The van der Waals surface area contributed by atoms with E-state index in [2.05, 4.69) is 20.7 Å². The summed E-state index contributed by atoms with van der Waals surface area (Å²) in [7, 11) is 0. The second kappa shape index (κ2) is 24.1. The maximum atomic E-state index is 13.5. The van der Waals surface area contributed by atoms with E-state index in [0.717, 1.165) is 34.4 Å². The van der Waals surface area contributed by atoms with Gasteiger partial charge in [0.05, 0.1) is 22.1 Å². The zero-order chi connectivity index (χ0) is 45.5. The lowest BCUT2D eigenvalue weighted by atomic mass is 10.1. The van der Waals surface area contributed by atoms with Crippen LogP contribution in [0.25, 0.3) is 0 Å². The van der Waals surface area contributed by atoms with Gasteiger partial charge >= 0.3 is 5.96 Å². The monoisotopic (exact) mass is 926 g/mol. The number of carbonyl (C=O) groups excluding carboxylic acids is 5. The number of rotatable bonds is 9. The van der Waals surface area contributed by atoms with Crippen molar-refractivity contribution in [2.24, 2.45) is 22.9 Å². The lowest BCUT2D eigenvalue weighted by Gasteiger charge is -2.18. The highest BCUT2D eigenvalue weighted by Crippen LogP contribution is 2.31. The quantitative estimate of drug-likeness (QED) is 0.0435. The van der Waals surface area contributed by atoms with Crippen LogP contribution in [-0.4, -0.2) is 63.6 Å². The van der Waals surface area contributed by atoms with Crippen LogP contribution in [0.5, 0.6) is 0 Å². The van der Waals surface area contributed by atoms with E-state index in [-0.39, 0.29) is 65.3 Å². The summed E-state index contributed by atoms with van der Waals surface area (Å²) in [5.74, 6) is -4.07. The predicted molar refractivity (Wildman–Crippen MR) is 231 cm³/mol. The van der Waals surface area contributed by atoms with Gasteiger partial charge in [-0.15, -0.1) is 12.4 Å². The van der Waals surface area contributed by atoms with E-state index in [0.29, 0.717) is 24.0 Å². The molecule has 4 atom stereocenters. The van der Waals surface area contributed by atoms with Crippen molar-refractivity contribution in [3.8, 4) is 0 Å². The topological polar surface area (TPSA) is 292 Å². The Labute approximate surface area is 375 Å². The SMILES string of the molecule is Cl.N=C(N)n1cccn1.NC(N)=[NH+][C@@H]1Cc2ccccc2[C@H]1NC(=O)C(=O)Cc1ccc(Cl)c(F)c1.N[C@@H]1Cc2ccccc2[C@H]1NC(=O)C(=O)Cc1ccc(Cl)c(F)c1.O=C[O-]. The van der Waals surface area contributed by atoms with Gasteiger partial charge in [-0.3, -0.25) is 41.0 Å². The molecule has 2 aliphatic carbocycles. The number of Topliss-reactive ketones (excluding diaryl/α,β-unsaturated/α-hetero) is 2. The molecule has 0 bridgehead atoms. The van der Waals surface area contributed by atoms with Gasteiger partial charge in [-0.05, 0) is 70.1 Å². The number of nitrogens with zero attached hydrogens (tertiary/aromatic N) is 2. The molecular formula is C42H43Cl3F2N10O6. The number of halogens is 5. The molecule has 12 N–H and O–H groups in total. The minimum atomic E-state index is -0.755. The number of fused-ring (bicyclic) bond motifs is 2. The molecule has 4 aromatic carbocycles. The van der Waals surface area contributed by atoms with Crippen LogP contribution in [0, 0.1) is 17.0 Å². The Morgan fingerprint density at radius 3 is 1.68 bits per heavy atom. The number of guanidine groups is 1. The lowest BCUT2D eigenvalue weighted by molar-refractivity contribution is -0.508. The first-order valence-corrected chi connectivity index (χ1v) is 19.3. The van der Waals surface area contributed by atoms with Gasteiger partial charge in [0.25, 0.3) is 11.8 Å². The Morgan fingerprint density at radius 2 is 1.25 bits per heavy atom. The van der Waals surface area contributed by atoms with Crippen LogP contribution in [-0.2, 0) is 49.7 Å². The Balaban J connectivity index is 0.000000268. The third kappa shape index (κ3) is 14.4. The highest BCUT2D eigenvalue weighted by atomic mass is 35.5. The molecule has 0 unspecified atom stereocenters. The molecule has 7 rings (SSSR count). The van der Waals surface area contributed by atoms with Gasteiger partial charge in [0.2, 0.25) is 17.5 Å². The molecular weight excluding hydrogens is 885 g/mol. The van der Waals surface area contributed by atoms with Crippen molar-refractivity contribution in [2.45, 2.75) is 49.9 Å². The predicted octanol–water partition coefficient (Wildman–Crippen LogP) is 0.471. The van der Waals surface area contributed by atoms with E-state index >= 15 is 0 Å². The molecule has 0 radical (unpaired) electrons. The number of amides is 2. The second-order valence-corrected chi connectivity index (χ2v) is 14.5. The van der Waals surface area contributed by atoms with E-state index < -0.39 is 47.5 Å². The molecule has 2 amide bonds. The van der Waals surface area contributed by atoms with Crippen molar-refractivity contribution < 1.29 is 42.9 Å². The summed E-state index contributed by atoms with van der Waals surface area (Å²) >= 11 is 11.2. The molecule has 0 saturated heterocycles. The number of carbonyl (C=O) groups is 5. The largest absolute Gasteiger partial charge is 0.554 e. The number of ketones is 2. The molecule has 63 heavy (non-hydrogen) atoms. The van der Waals surface area contributed by atoms with Gasteiger partial charge in [-0.1, -0.05) is 83.9 Å². The van der Waals surface area contributed by atoms with Crippen LogP contribution in [0.3, 0.4) is 0 Å². The number of hydrogen-bond acceptors (Lipinski definition) is 9. The van der Waals surface area contributed by atoms with E-state index in [1.54, 1.807) is 18.5 Å². The van der Waals surface area contributed by atoms with Gasteiger partial charge in [0.15, 0.2) is 0 Å². The Kier molecular flexibility index (Phi) is 19.3. The van der Waals surface area contributed by atoms with Gasteiger partial charge in [0, 0.05) is 44.2 Å². The maximum Gasteiger partial charge on any atom is 0.339 e. The summed E-state index contributed by atoms with van der Waals surface area (Å²) in [5, 5.41) is 24.1. The number of carboxylic acid groups (broad SMARTS) is 1. The Hall–Kier alpha value is -6.73. The zero-order valence-corrected chi connectivity index (χ0v) is 35.4. The van der Waals surface area contributed by atoms with Crippen LogP contribution in [0.2, 0.25) is 10.0 Å². The van der Waals surface area contributed by atoms with Crippen molar-refractivity contribution in [1.29, 1.82) is 5.41 Å². The lowest BCUT2D eigenvalue weighted by Crippen LogP contribution is -2.85. The first-order chi connectivity index (χ1) is 29.5. The standard InChI is InChI=1S/C19H18ClFN4O2.C18H16ClFN2O2.C4H6N4.CH2O2.ClH/c20-13-6-5-10(7-14(13)21)8-16(26)18(27)25-17-12-4-2-1-3-11(12)9-15(17)24-19(22)23;19-13-6-5-10(7-14(13)20)8-16(23)18(24)22-17-12-4-2-1-3-11(12)9-15(17)21;5-4(6)8-3-1-2-7-8;2-1-3;/h1-7,15,17H,8-9H2,(H,25,27)(H4,22,23,24);1-7,15,17H,8-9,21H2,(H,22,24);1-3H,(H3,5,6);1H,(H,2,3);1H/t2*15-,17-;;;/m11.../s1. The fourth-order valence-corrected chi connectivity index (χ4v) is 6.85. The number of aromatic nitrogens is 2. The Morgan fingerprint density at radius 1 is 0.794 bits per heavy atom. The maximum absolute atomic E-state index is 13.5. The highest BCUT2D eigenvalue weighted by molar-refractivity contribution is 6.37. The number of nitrogen functional groups attached to an aromatic ring is 1. The first-order valence-electron chi connectivity index (χ1n) is 18.5. The Bertz CT molecular complexity index is 2450. The molecule has 332 valence electrons. The van der Waals surface area contributed by atoms with Crippen LogP contribution >= 0.6 is 35.6 Å². The van der Waals surface area contributed by atoms with Crippen molar-refractivity contribution in [3.63, 3.8) is 0 Å². The van der Waals surface area contributed by atoms with Gasteiger partial charge in [-0.2, -0.15) is 5.10 Å². The smallest absolute Gasteiger partial charge is 0.339 e. The summed E-state index contributed by atoms with van der Waals surface area (Å²) in [6.07, 6.45) is 4.03. The van der Waals surface area contributed by atoms with Crippen molar-refractivity contribution in [1.82, 2.24) is 20.4 Å². The van der Waals surface area contributed by atoms with Crippen molar-refractivity contribution in [2.75, 3.05) is 0 Å². The average molecular weight is 928 g/mol. The molecule has 5 aromatic rings. The molecule has 0 spiro atoms. The molecule has 0 aliphatic heterocycles. The molecule has 0 fully saturated rings. The van der Waals surface area contributed by atoms with Crippen molar-refractivity contribution >= 4 is 77.4 Å². The van der Waals surface area contributed by atoms with Gasteiger partial charge < -0.3 is 32.0 Å². The molecule has 1 aromatic heterocycles. The number of nitrogens with one attached hydrogen (secondary N) is 4. The minimum absolute atomic E-state index is 0. The summed E-state index contributed by atoms with van der Waals surface area (Å²) in [6.45, 7) is -0.500. The van der Waals surface area contributed by atoms with E-state index in [1.807, 2.05) is 48.5 Å². The third-order valence-electron chi connectivity index (χ3n) is 9.39. The molecule has 21 heteroatoms. The fraction of sp³-hybridized carbons (Fsp3) is 0.190. The first kappa shape index (κ1) is 50.6. The molecule has 0 saturated carbocycles. The second-order valence-electron chi connectivity index (χ2n) is 13.7. The molecule has 1 heterocycles.